The highest BCUT2D eigenvalue weighted by molar-refractivity contribution is 7.86. The zero-order valence-electron chi connectivity index (χ0n) is 17.1. The number of hydrogen-bond donors (Lipinski definition) is 0. The maximum atomic E-state index is 13.1. The molecule has 1 aromatic rings. The third kappa shape index (κ3) is 4.59. The van der Waals surface area contributed by atoms with Crippen LogP contribution < -0.4 is 4.90 Å². The molecule has 0 radical (unpaired) electrons. The van der Waals surface area contributed by atoms with E-state index < -0.39 is 10.2 Å². The number of carbonyl (C=O) groups excluding carboxylic acids is 1. The molecule has 1 unspecified atom stereocenters. The summed E-state index contributed by atoms with van der Waals surface area (Å²) in [5, 5.41) is 0. The van der Waals surface area contributed by atoms with E-state index in [0.717, 1.165) is 45.2 Å². The predicted molar refractivity (Wildman–Crippen MR) is 114 cm³/mol. The van der Waals surface area contributed by atoms with Crippen LogP contribution in [0.15, 0.2) is 30.3 Å². The first-order valence-electron chi connectivity index (χ1n) is 10.9. The molecule has 3 aliphatic rings. The van der Waals surface area contributed by atoms with Crippen LogP contribution in [0.3, 0.4) is 0 Å². The highest BCUT2D eigenvalue weighted by atomic mass is 32.2. The molecule has 0 aromatic heterocycles. The molecule has 8 heteroatoms. The van der Waals surface area contributed by atoms with Gasteiger partial charge in [-0.3, -0.25) is 4.79 Å². The van der Waals surface area contributed by atoms with Gasteiger partial charge < -0.3 is 9.80 Å². The Morgan fingerprint density at radius 1 is 0.793 bits per heavy atom. The van der Waals surface area contributed by atoms with Gasteiger partial charge in [0, 0.05) is 58.0 Å². The zero-order chi connectivity index (χ0) is 20.3. The molecular weight excluding hydrogens is 388 g/mol. The fourth-order valence-corrected chi connectivity index (χ4v) is 6.47. The summed E-state index contributed by atoms with van der Waals surface area (Å²) in [6.45, 7) is 5.11. The van der Waals surface area contributed by atoms with Crippen molar-refractivity contribution < 1.29 is 13.2 Å². The van der Waals surface area contributed by atoms with Crippen LogP contribution in [0.25, 0.3) is 0 Å². The first-order valence-corrected chi connectivity index (χ1v) is 12.3. The van der Waals surface area contributed by atoms with Crippen molar-refractivity contribution in [3.63, 3.8) is 0 Å². The van der Waals surface area contributed by atoms with Crippen molar-refractivity contribution in [3.8, 4) is 0 Å². The maximum absolute atomic E-state index is 13.1. The van der Waals surface area contributed by atoms with E-state index in [1.54, 1.807) is 8.61 Å². The lowest BCUT2D eigenvalue weighted by molar-refractivity contribution is -0.137. The number of anilines is 1. The van der Waals surface area contributed by atoms with E-state index in [4.69, 9.17) is 0 Å². The third-order valence-corrected chi connectivity index (χ3v) is 8.42. The van der Waals surface area contributed by atoms with Crippen LogP contribution in [0, 0.1) is 5.92 Å². The average molecular weight is 421 g/mol. The van der Waals surface area contributed by atoms with Gasteiger partial charge in [-0.05, 0) is 37.8 Å². The minimum atomic E-state index is -3.44. The van der Waals surface area contributed by atoms with Gasteiger partial charge in [0.2, 0.25) is 5.91 Å². The minimum Gasteiger partial charge on any atom is -0.368 e. The molecule has 4 rings (SSSR count). The van der Waals surface area contributed by atoms with Crippen molar-refractivity contribution in [2.75, 3.05) is 57.3 Å². The molecule has 0 saturated carbocycles. The van der Waals surface area contributed by atoms with Gasteiger partial charge in [0.1, 0.15) is 0 Å². The predicted octanol–water partition coefficient (Wildman–Crippen LogP) is 1.78. The quantitative estimate of drug-likeness (QED) is 0.745. The van der Waals surface area contributed by atoms with Crippen molar-refractivity contribution >= 4 is 21.8 Å². The van der Waals surface area contributed by atoms with Crippen molar-refractivity contribution in [1.29, 1.82) is 0 Å². The second-order valence-electron chi connectivity index (χ2n) is 8.31. The Balaban J connectivity index is 1.34. The topological polar surface area (TPSA) is 64.2 Å². The first kappa shape index (κ1) is 20.6. The maximum Gasteiger partial charge on any atom is 0.281 e. The number of benzene rings is 1. The van der Waals surface area contributed by atoms with E-state index in [1.807, 2.05) is 23.1 Å². The fourth-order valence-electron chi connectivity index (χ4n) is 4.69. The van der Waals surface area contributed by atoms with Gasteiger partial charge in [0.25, 0.3) is 10.2 Å². The largest absolute Gasteiger partial charge is 0.368 e. The molecule has 1 amide bonds. The highest BCUT2D eigenvalue weighted by Gasteiger charge is 2.38. The number of para-hydroxylation sites is 1. The summed E-state index contributed by atoms with van der Waals surface area (Å²) in [6, 6.07) is 10.3. The molecule has 3 saturated heterocycles. The molecule has 0 bridgehead atoms. The fraction of sp³-hybridized carbons (Fsp3) is 0.667. The molecule has 0 aliphatic carbocycles. The van der Waals surface area contributed by atoms with Crippen molar-refractivity contribution in [2.24, 2.45) is 5.92 Å². The van der Waals surface area contributed by atoms with Crippen molar-refractivity contribution in [3.05, 3.63) is 30.3 Å². The Kier molecular flexibility index (Phi) is 6.41. The van der Waals surface area contributed by atoms with E-state index >= 15 is 0 Å². The Hall–Kier alpha value is -1.64. The molecule has 3 aliphatic heterocycles. The lowest BCUT2D eigenvalue weighted by atomic mass is 9.97. The molecular formula is C21H32N4O3S. The Morgan fingerprint density at radius 2 is 1.45 bits per heavy atom. The third-order valence-electron chi connectivity index (χ3n) is 6.41. The number of hydrogen-bond acceptors (Lipinski definition) is 4. The summed E-state index contributed by atoms with van der Waals surface area (Å²) in [5.74, 6) is -0.0946. The average Bonchev–Trinajstić information content (AvgIpc) is 2.80. The van der Waals surface area contributed by atoms with Gasteiger partial charge in [-0.1, -0.05) is 24.6 Å². The highest BCUT2D eigenvalue weighted by Crippen LogP contribution is 2.25. The smallest absolute Gasteiger partial charge is 0.281 e. The van der Waals surface area contributed by atoms with Gasteiger partial charge in [-0.2, -0.15) is 17.0 Å². The van der Waals surface area contributed by atoms with Gasteiger partial charge >= 0.3 is 0 Å². The summed E-state index contributed by atoms with van der Waals surface area (Å²) in [4.78, 5) is 17.4. The second kappa shape index (κ2) is 9.02. The minimum absolute atomic E-state index is 0.122. The van der Waals surface area contributed by atoms with E-state index in [2.05, 4.69) is 17.0 Å². The van der Waals surface area contributed by atoms with Crippen LogP contribution in [-0.4, -0.2) is 80.2 Å². The van der Waals surface area contributed by atoms with Crippen molar-refractivity contribution in [1.82, 2.24) is 13.5 Å². The number of nitrogens with zero attached hydrogens (tertiary/aromatic N) is 4. The molecule has 3 fully saturated rings. The first-order chi connectivity index (χ1) is 14.1. The van der Waals surface area contributed by atoms with Crippen LogP contribution in [0.1, 0.15) is 32.1 Å². The summed E-state index contributed by atoms with van der Waals surface area (Å²) < 4.78 is 29.2. The van der Waals surface area contributed by atoms with E-state index in [1.165, 1.54) is 5.69 Å². The Morgan fingerprint density at radius 3 is 2.14 bits per heavy atom. The number of piperidine rings is 2. The number of piperazine rings is 1. The number of carbonyl (C=O) groups is 1. The SMILES string of the molecule is O=C(C1CCCN(S(=O)(=O)N2CCCCC2)C1)N1CCN(c2ccccc2)CC1. The van der Waals surface area contributed by atoms with Crippen LogP contribution in [0.4, 0.5) is 5.69 Å². The van der Waals surface area contributed by atoms with Crippen molar-refractivity contribution in [2.45, 2.75) is 32.1 Å². The molecule has 7 nitrogen and oxygen atoms in total. The Bertz CT molecular complexity index is 787. The molecule has 3 heterocycles. The normalized spacial score (nSPS) is 25.2. The summed E-state index contributed by atoms with van der Waals surface area (Å²) >= 11 is 0. The lowest BCUT2D eigenvalue weighted by Gasteiger charge is -2.40. The molecule has 1 aromatic carbocycles. The van der Waals surface area contributed by atoms with Crippen LogP contribution in [0.2, 0.25) is 0 Å². The monoisotopic (exact) mass is 420 g/mol. The van der Waals surface area contributed by atoms with E-state index in [-0.39, 0.29) is 11.8 Å². The standard InChI is InChI=1S/C21H32N4O3S/c26-21(23-16-14-22(15-17-23)20-9-3-1-4-10-20)19-8-7-13-25(18-19)29(27,28)24-11-5-2-6-12-24/h1,3-4,9-10,19H,2,5-8,11-18H2. The van der Waals surface area contributed by atoms with Gasteiger partial charge in [0.15, 0.2) is 0 Å². The Labute approximate surface area is 174 Å². The second-order valence-corrected chi connectivity index (χ2v) is 10.2. The summed E-state index contributed by atoms with van der Waals surface area (Å²) in [5.41, 5.74) is 1.19. The number of rotatable bonds is 4. The lowest BCUT2D eigenvalue weighted by Crippen LogP contribution is -2.54. The molecule has 0 spiro atoms. The zero-order valence-corrected chi connectivity index (χ0v) is 17.9. The van der Waals surface area contributed by atoms with Gasteiger partial charge in [-0.15, -0.1) is 0 Å². The van der Waals surface area contributed by atoms with Crippen LogP contribution in [-0.2, 0) is 15.0 Å². The summed E-state index contributed by atoms with van der Waals surface area (Å²) in [7, 11) is -3.44. The number of amides is 1. The molecule has 29 heavy (non-hydrogen) atoms. The molecule has 0 N–H and O–H groups in total. The van der Waals surface area contributed by atoms with Gasteiger partial charge in [0.05, 0.1) is 5.92 Å². The van der Waals surface area contributed by atoms with E-state index in [0.29, 0.717) is 39.3 Å². The van der Waals surface area contributed by atoms with Crippen LogP contribution >= 0.6 is 0 Å². The van der Waals surface area contributed by atoms with Crippen LogP contribution in [0.5, 0.6) is 0 Å². The molecule has 1 atom stereocenters. The van der Waals surface area contributed by atoms with E-state index in [9.17, 15) is 13.2 Å². The summed E-state index contributed by atoms with van der Waals surface area (Å²) in [6.07, 6.45) is 4.50. The van der Waals surface area contributed by atoms with Gasteiger partial charge in [-0.25, -0.2) is 0 Å². The molecule has 160 valence electrons.